The fourth-order valence-corrected chi connectivity index (χ4v) is 4.35. The maximum Gasteiger partial charge on any atom is 0.172 e. The van der Waals surface area contributed by atoms with Crippen molar-refractivity contribution in [3.05, 3.63) is 70.4 Å². The molecule has 0 atom stereocenters. The third-order valence-electron chi connectivity index (χ3n) is 5.98. The van der Waals surface area contributed by atoms with Gasteiger partial charge in [0, 0.05) is 50.4 Å². The van der Waals surface area contributed by atoms with Crippen LogP contribution in [0.25, 0.3) is 11.3 Å². The lowest BCUT2D eigenvalue weighted by molar-refractivity contribution is 0.0342. The number of aromatic nitrogens is 2. The van der Waals surface area contributed by atoms with E-state index in [1.165, 1.54) is 5.56 Å². The molecule has 6 nitrogen and oxygen atoms in total. The molecule has 9 heteroatoms. The number of anilines is 2. The Balaban J connectivity index is 1.38. The topological polar surface area (TPSA) is 53.5 Å². The first-order chi connectivity index (χ1) is 16.1. The van der Waals surface area contributed by atoms with Gasteiger partial charge >= 0.3 is 0 Å². The summed E-state index contributed by atoms with van der Waals surface area (Å²) in [7, 11) is 0. The van der Waals surface area contributed by atoms with Crippen molar-refractivity contribution in [2.75, 3.05) is 49.6 Å². The zero-order valence-corrected chi connectivity index (χ0v) is 18.8. The average Bonchev–Trinajstić information content (AvgIpc) is 2.85. The molecule has 0 aliphatic carbocycles. The first kappa shape index (κ1) is 22.0. The molecule has 1 aromatic heterocycles. The molecule has 0 bridgehead atoms. The van der Waals surface area contributed by atoms with E-state index in [2.05, 4.69) is 27.3 Å². The molecule has 5 rings (SSSR count). The predicted molar refractivity (Wildman–Crippen MR) is 124 cm³/mol. The summed E-state index contributed by atoms with van der Waals surface area (Å²) in [6.07, 6.45) is 1.72. The largest absolute Gasteiger partial charge is 0.379 e. The van der Waals surface area contributed by atoms with Gasteiger partial charge < -0.3 is 15.0 Å². The molecule has 2 aromatic carbocycles. The van der Waals surface area contributed by atoms with Crippen molar-refractivity contribution in [3.8, 4) is 11.3 Å². The molecular weight excluding hydrogens is 448 g/mol. The van der Waals surface area contributed by atoms with E-state index in [-0.39, 0.29) is 17.1 Å². The summed E-state index contributed by atoms with van der Waals surface area (Å²) in [4.78, 5) is 13.6. The number of hydrogen-bond donors (Lipinski definition) is 1. The number of hydrogen-bond acceptors (Lipinski definition) is 6. The minimum absolute atomic E-state index is 0.105. The number of benzene rings is 2. The van der Waals surface area contributed by atoms with Crippen molar-refractivity contribution in [1.29, 1.82) is 0 Å². The van der Waals surface area contributed by atoms with Gasteiger partial charge in [-0.2, -0.15) is 0 Å². The van der Waals surface area contributed by atoms with Crippen LogP contribution in [0.2, 0.25) is 5.02 Å². The maximum absolute atomic E-state index is 14.4. The Bertz CT molecular complexity index is 1140. The molecule has 2 aliphatic rings. The first-order valence-corrected chi connectivity index (χ1v) is 11.3. The highest BCUT2D eigenvalue weighted by Crippen LogP contribution is 2.32. The van der Waals surface area contributed by atoms with Crippen LogP contribution < -0.4 is 10.2 Å². The third-order valence-corrected chi connectivity index (χ3v) is 6.38. The van der Waals surface area contributed by atoms with Gasteiger partial charge in [0.1, 0.15) is 11.6 Å². The molecule has 0 spiro atoms. The highest BCUT2D eigenvalue weighted by atomic mass is 35.5. The summed E-state index contributed by atoms with van der Waals surface area (Å²) >= 11 is 6.05. The number of morpholine rings is 1. The molecule has 33 heavy (non-hydrogen) atoms. The summed E-state index contributed by atoms with van der Waals surface area (Å²) in [5.41, 5.74) is 3.00. The van der Waals surface area contributed by atoms with Crippen LogP contribution in [0.5, 0.6) is 0 Å². The molecule has 0 amide bonds. The number of ether oxygens (including phenoxy) is 1. The Morgan fingerprint density at radius 1 is 0.970 bits per heavy atom. The molecule has 0 radical (unpaired) electrons. The predicted octanol–water partition coefficient (Wildman–Crippen LogP) is 4.34. The molecule has 3 aromatic rings. The van der Waals surface area contributed by atoms with E-state index in [4.69, 9.17) is 21.3 Å². The van der Waals surface area contributed by atoms with Gasteiger partial charge in [0.05, 0.1) is 30.1 Å². The average molecular weight is 472 g/mol. The standard InChI is InChI=1S/C24H24ClF2N5O/c25-22-18(19(26)5-6-20(22)27)15-32-8-7-28-23-24(32)30-21(13-29-23)17-3-1-16(2-4-17)14-31-9-11-33-12-10-31/h1-6,13H,7-12,14-15H2,(H,28,29). The minimum atomic E-state index is -0.638. The molecule has 1 saturated heterocycles. The second-order valence-electron chi connectivity index (χ2n) is 8.18. The van der Waals surface area contributed by atoms with Crippen molar-refractivity contribution < 1.29 is 13.5 Å². The van der Waals surface area contributed by atoms with Gasteiger partial charge in [0.15, 0.2) is 11.6 Å². The van der Waals surface area contributed by atoms with Crippen molar-refractivity contribution in [1.82, 2.24) is 14.9 Å². The van der Waals surface area contributed by atoms with Gasteiger partial charge in [-0.25, -0.2) is 18.7 Å². The van der Waals surface area contributed by atoms with Gasteiger partial charge in [0.25, 0.3) is 0 Å². The van der Waals surface area contributed by atoms with E-state index in [1.807, 2.05) is 17.0 Å². The van der Waals surface area contributed by atoms with Crippen LogP contribution in [-0.2, 0) is 17.8 Å². The Hall–Kier alpha value is -2.81. The van der Waals surface area contributed by atoms with Crippen LogP contribution in [0.4, 0.5) is 20.4 Å². The van der Waals surface area contributed by atoms with Gasteiger partial charge in [-0.1, -0.05) is 35.9 Å². The molecule has 3 heterocycles. The second-order valence-corrected chi connectivity index (χ2v) is 8.56. The lowest BCUT2D eigenvalue weighted by atomic mass is 10.1. The number of halogens is 3. The van der Waals surface area contributed by atoms with Crippen molar-refractivity contribution in [3.63, 3.8) is 0 Å². The fraction of sp³-hybridized carbons (Fsp3) is 0.333. The lowest BCUT2D eigenvalue weighted by Gasteiger charge is -2.30. The van der Waals surface area contributed by atoms with Crippen molar-refractivity contribution >= 4 is 23.2 Å². The Morgan fingerprint density at radius 2 is 1.73 bits per heavy atom. The highest BCUT2D eigenvalue weighted by molar-refractivity contribution is 6.31. The SMILES string of the molecule is Fc1ccc(F)c(CN2CCNc3ncc(-c4ccc(CN5CCOCC5)cc4)nc32)c1Cl. The van der Waals surface area contributed by atoms with Gasteiger partial charge in [-0.15, -0.1) is 0 Å². The normalized spacial score (nSPS) is 16.4. The quantitative estimate of drug-likeness (QED) is 0.559. The zero-order valence-electron chi connectivity index (χ0n) is 18.0. The first-order valence-electron chi connectivity index (χ1n) is 11.0. The minimum Gasteiger partial charge on any atom is -0.379 e. The van der Waals surface area contributed by atoms with Crippen LogP contribution in [0.15, 0.2) is 42.6 Å². The third kappa shape index (κ3) is 4.78. The molecular formula is C24H24ClF2N5O. The Morgan fingerprint density at radius 3 is 2.52 bits per heavy atom. The van der Waals surface area contributed by atoms with Crippen molar-refractivity contribution in [2.45, 2.75) is 13.1 Å². The van der Waals surface area contributed by atoms with Crippen LogP contribution in [0, 0.1) is 11.6 Å². The number of rotatable bonds is 5. The van der Waals surface area contributed by atoms with E-state index < -0.39 is 11.6 Å². The maximum atomic E-state index is 14.4. The van der Waals surface area contributed by atoms with Crippen LogP contribution >= 0.6 is 11.6 Å². The fourth-order valence-electron chi connectivity index (χ4n) is 4.14. The summed E-state index contributed by atoms with van der Waals surface area (Å²) in [5, 5.41) is 3.02. The van der Waals surface area contributed by atoms with E-state index >= 15 is 0 Å². The number of fused-ring (bicyclic) bond motifs is 1. The summed E-state index contributed by atoms with van der Waals surface area (Å²) in [6.45, 7) is 5.61. The second kappa shape index (κ2) is 9.59. The molecule has 1 N–H and O–H groups in total. The van der Waals surface area contributed by atoms with E-state index in [9.17, 15) is 8.78 Å². The monoisotopic (exact) mass is 471 g/mol. The number of nitrogens with one attached hydrogen (secondary N) is 1. The summed E-state index contributed by atoms with van der Waals surface area (Å²) in [6, 6.07) is 10.4. The zero-order chi connectivity index (χ0) is 22.8. The van der Waals surface area contributed by atoms with Gasteiger partial charge in [-0.05, 0) is 17.7 Å². The molecule has 1 fully saturated rings. The molecule has 172 valence electrons. The number of nitrogens with zero attached hydrogens (tertiary/aromatic N) is 4. The molecule has 0 saturated carbocycles. The Labute approximate surface area is 196 Å². The van der Waals surface area contributed by atoms with Gasteiger partial charge in [-0.3, -0.25) is 4.90 Å². The highest BCUT2D eigenvalue weighted by Gasteiger charge is 2.23. The van der Waals surface area contributed by atoms with E-state index in [0.717, 1.165) is 50.5 Å². The van der Waals surface area contributed by atoms with Gasteiger partial charge in [0.2, 0.25) is 0 Å². The lowest BCUT2D eigenvalue weighted by Crippen LogP contribution is -2.35. The van der Waals surface area contributed by atoms with E-state index in [0.29, 0.717) is 30.4 Å². The molecule has 2 aliphatic heterocycles. The Kier molecular flexibility index (Phi) is 6.39. The molecule has 0 unspecified atom stereocenters. The smallest absolute Gasteiger partial charge is 0.172 e. The summed E-state index contributed by atoms with van der Waals surface area (Å²) < 4.78 is 33.7. The summed E-state index contributed by atoms with van der Waals surface area (Å²) in [5.74, 6) is 0.0274. The van der Waals surface area contributed by atoms with Crippen LogP contribution in [0.3, 0.4) is 0 Å². The van der Waals surface area contributed by atoms with Crippen molar-refractivity contribution in [2.24, 2.45) is 0 Å². The van der Waals surface area contributed by atoms with Crippen LogP contribution in [-0.4, -0.2) is 54.3 Å². The van der Waals surface area contributed by atoms with E-state index in [1.54, 1.807) is 6.20 Å². The van der Waals surface area contributed by atoms with Crippen LogP contribution in [0.1, 0.15) is 11.1 Å².